The molecule has 2 heterocycles. The zero-order chi connectivity index (χ0) is 16.7. The Balaban J connectivity index is 1.81. The number of thioether (sulfide) groups is 1. The Labute approximate surface area is 141 Å². The van der Waals surface area contributed by atoms with Crippen molar-refractivity contribution in [1.82, 2.24) is 20.1 Å². The van der Waals surface area contributed by atoms with E-state index in [1.165, 1.54) is 24.6 Å². The molecule has 0 aliphatic rings. The van der Waals surface area contributed by atoms with Gasteiger partial charge < -0.3 is 14.3 Å². The van der Waals surface area contributed by atoms with E-state index in [4.69, 9.17) is 4.42 Å². The first kappa shape index (κ1) is 17.6. The third kappa shape index (κ3) is 5.13. The van der Waals surface area contributed by atoms with Gasteiger partial charge in [0.2, 0.25) is 5.91 Å². The van der Waals surface area contributed by atoms with Crippen LogP contribution in [0.2, 0.25) is 0 Å². The molecule has 0 radical (unpaired) electrons. The molecule has 1 atom stereocenters. The van der Waals surface area contributed by atoms with Crippen LogP contribution in [-0.2, 0) is 11.8 Å². The number of hydrogen-bond acceptors (Lipinski definition) is 5. The summed E-state index contributed by atoms with van der Waals surface area (Å²) in [6, 6.07) is 3.86. The van der Waals surface area contributed by atoms with E-state index in [-0.39, 0.29) is 11.9 Å². The largest absolute Gasteiger partial charge is 0.461 e. The predicted octanol–water partition coefficient (Wildman–Crippen LogP) is 3.25. The number of unbranched alkanes of at least 4 members (excludes halogenated alkanes) is 2. The molecule has 1 amide bonds. The van der Waals surface area contributed by atoms with Crippen LogP contribution in [0.25, 0.3) is 11.6 Å². The fourth-order valence-electron chi connectivity index (χ4n) is 2.28. The van der Waals surface area contributed by atoms with Crippen LogP contribution in [-0.4, -0.2) is 32.5 Å². The molecule has 0 aliphatic carbocycles. The van der Waals surface area contributed by atoms with Crippen LogP contribution >= 0.6 is 11.8 Å². The lowest BCUT2D eigenvalue weighted by molar-refractivity contribution is -0.119. The molecule has 2 aromatic rings. The lowest BCUT2D eigenvalue weighted by atomic mass is 10.1. The van der Waals surface area contributed by atoms with Crippen molar-refractivity contribution in [3.63, 3.8) is 0 Å². The summed E-state index contributed by atoms with van der Waals surface area (Å²) in [5, 5.41) is 12.0. The van der Waals surface area contributed by atoms with Gasteiger partial charge in [0.15, 0.2) is 16.7 Å². The van der Waals surface area contributed by atoms with Gasteiger partial charge in [-0.25, -0.2) is 0 Å². The number of carbonyl (C=O) groups is 1. The van der Waals surface area contributed by atoms with Gasteiger partial charge in [-0.2, -0.15) is 0 Å². The summed E-state index contributed by atoms with van der Waals surface area (Å²) < 4.78 is 7.16. The van der Waals surface area contributed by atoms with Crippen molar-refractivity contribution in [3.8, 4) is 11.6 Å². The van der Waals surface area contributed by atoms with Crippen LogP contribution in [0, 0.1) is 0 Å². The molecule has 0 saturated heterocycles. The molecule has 23 heavy (non-hydrogen) atoms. The van der Waals surface area contributed by atoms with Crippen molar-refractivity contribution in [2.75, 3.05) is 5.75 Å². The highest BCUT2D eigenvalue weighted by atomic mass is 32.2. The molecule has 0 saturated carbocycles. The van der Waals surface area contributed by atoms with Crippen LogP contribution in [0.3, 0.4) is 0 Å². The second-order valence-corrected chi connectivity index (χ2v) is 6.54. The molecule has 1 N–H and O–H groups in total. The molecule has 0 spiro atoms. The molecule has 0 bridgehead atoms. The van der Waals surface area contributed by atoms with Crippen LogP contribution in [0.1, 0.15) is 39.5 Å². The maximum Gasteiger partial charge on any atom is 0.230 e. The van der Waals surface area contributed by atoms with Gasteiger partial charge in [0.1, 0.15) is 0 Å². The maximum absolute atomic E-state index is 12.0. The highest BCUT2D eigenvalue weighted by Crippen LogP contribution is 2.22. The quantitative estimate of drug-likeness (QED) is 0.562. The Morgan fingerprint density at radius 2 is 2.26 bits per heavy atom. The normalized spacial score (nSPS) is 12.3. The summed E-state index contributed by atoms with van der Waals surface area (Å²) in [5.74, 6) is 1.69. The SMILES string of the molecule is CCCCCC(C)NC(=O)CSc1nnc(-c2ccco2)n1C. The zero-order valence-electron chi connectivity index (χ0n) is 13.9. The predicted molar refractivity (Wildman–Crippen MR) is 91.2 cm³/mol. The van der Waals surface area contributed by atoms with Gasteiger partial charge in [0, 0.05) is 13.1 Å². The number of nitrogens with one attached hydrogen (secondary N) is 1. The highest BCUT2D eigenvalue weighted by Gasteiger charge is 2.15. The first-order chi connectivity index (χ1) is 11.1. The molecule has 2 aromatic heterocycles. The first-order valence-electron chi connectivity index (χ1n) is 7.97. The van der Waals surface area contributed by atoms with E-state index in [1.807, 2.05) is 23.7 Å². The summed E-state index contributed by atoms with van der Waals surface area (Å²) in [7, 11) is 1.87. The molecule has 1 unspecified atom stereocenters. The Morgan fingerprint density at radius 1 is 1.43 bits per heavy atom. The molecule has 0 aliphatic heterocycles. The summed E-state index contributed by atoms with van der Waals surface area (Å²) in [6.45, 7) is 4.23. The summed E-state index contributed by atoms with van der Waals surface area (Å²) in [6.07, 6.45) is 6.19. The van der Waals surface area contributed by atoms with E-state index in [0.29, 0.717) is 22.5 Å². The molecule has 6 nitrogen and oxygen atoms in total. The van der Waals surface area contributed by atoms with Crippen molar-refractivity contribution >= 4 is 17.7 Å². The van der Waals surface area contributed by atoms with Crippen molar-refractivity contribution < 1.29 is 9.21 Å². The number of rotatable bonds is 9. The van der Waals surface area contributed by atoms with Crippen LogP contribution in [0.4, 0.5) is 0 Å². The van der Waals surface area contributed by atoms with Crippen LogP contribution < -0.4 is 5.32 Å². The van der Waals surface area contributed by atoms with E-state index >= 15 is 0 Å². The summed E-state index contributed by atoms with van der Waals surface area (Å²) >= 11 is 1.38. The average Bonchev–Trinajstić information content (AvgIpc) is 3.15. The van der Waals surface area contributed by atoms with Crippen molar-refractivity contribution in [2.24, 2.45) is 7.05 Å². The minimum atomic E-state index is 0.0292. The van der Waals surface area contributed by atoms with Gasteiger partial charge in [0.05, 0.1) is 12.0 Å². The topological polar surface area (TPSA) is 73.0 Å². The number of aromatic nitrogens is 3. The highest BCUT2D eigenvalue weighted by molar-refractivity contribution is 7.99. The Kier molecular flexibility index (Phi) is 6.70. The van der Waals surface area contributed by atoms with Gasteiger partial charge in [-0.15, -0.1) is 10.2 Å². The third-order valence-corrected chi connectivity index (χ3v) is 4.58. The molecule has 2 rings (SSSR count). The van der Waals surface area contributed by atoms with E-state index in [1.54, 1.807) is 6.26 Å². The molecular formula is C16H24N4O2S. The average molecular weight is 336 g/mol. The lowest BCUT2D eigenvalue weighted by Gasteiger charge is -2.13. The number of hydrogen-bond donors (Lipinski definition) is 1. The van der Waals surface area contributed by atoms with Gasteiger partial charge in [-0.1, -0.05) is 37.9 Å². The maximum atomic E-state index is 12.0. The van der Waals surface area contributed by atoms with Crippen LogP contribution in [0.15, 0.2) is 28.0 Å². The van der Waals surface area contributed by atoms with Crippen molar-refractivity contribution in [1.29, 1.82) is 0 Å². The van der Waals surface area contributed by atoms with Crippen molar-refractivity contribution in [3.05, 3.63) is 18.4 Å². The Hall–Kier alpha value is -1.76. The molecule has 0 aromatic carbocycles. The molecular weight excluding hydrogens is 312 g/mol. The standard InChI is InChI=1S/C16H24N4O2S/c1-4-5-6-8-12(2)17-14(21)11-23-16-19-18-15(20(16)3)13-9-7-10-22-13/h7,9-10,12H,4-6,8,11H2,1-3H3,(H,17,21). The fourth-order valence-corrected chi connectivity index (χ4v) is 3.00. The second kappa shape index (κ2) is 8.76. The fraction of sp³-hybridized carbons (Fsp3) is 0.562. The summed E-state index contributed by atoms with van der Waals surface area (Å²) in [5.41, 5.74) is 0. The van der Waals surface area contributed by atoms with Gasteiger partial charge in [0.25, 0.3) is 0 Å². The zero-order valence-corrected chi connectivity index (χ0v) is 14.7. The Morgan fingerprint density at radius 3 is 2.96 bits per heavy atom. The molecule has 126 valence electrons. The van der Waals surface area contributed by atoms with E-state index in [0.717, 1.165) is 12.8 Å². The van der Waals surface area contributed by atoms with Gasteiger partial charge in [-0.3, -0.25) is 4.79 Å². The van der Waals surface area contributed by atoms with Crippen LogP contribution in [0.5, 0.6) is 0 Å². The lowest BCUT2D eigenvalue weighted by Crippen LogP contribution is -2.33. The third-order valence-electron chi connectivity index (χ3n) is 3.56. The minimum Gasteiger partial charge on any atom is -0.461 e. The van der Waals surface area contributed by atoms with Gasteiger partial charge >= 0.3 is 0 Å². The Bertz CT molecular complexity index is 610. The summed E-state index contributed by atoms with van der Waals surface area (Å²) in [4.78, 5) is 12.0. The number of carbonyl (C=O) groups excluding carboxylic acids is 1. The smallest absolute Gasteiger partial charge is 0.230 e. The van der Waals surface area contributed by atoms with Gasteiger partial charge in [-0.05, 0) is 25.5 Å². The number of amides is 1. The van der Waals surface area contributed by atoms with E-state index in [2.05, 4.69) is 29.4 Å². The van der Waals surface area contributed by atoms with E-state index < -0.39 is 0 Å². The second-order valence-electron chi connectivity index (χ2n) is 5.60. The number of furan rings is 1. The molecule has 7 heteroatoms. The molecule has 0 fully saturated rings. The van der Waals surface area contributed by atoms with E-state index in [9.17, 15) is 4.79 Å². The first-order valence-corrected chi connectivity index (χ1v) is 8.95. The van der Waals surface area contributed by atoms with Crippen molar-refractivity contribution in [2.45, 2.75) is 50.7 Å². The monoisotopic (exact) mass is 336 g/mol. The number of nitrogens with zero attached hydrogens (tertiary/aromatic N) is 3. The minimum absolute atomic E-state index is 0.0292.